The number of ether oxygens (including phenoxy) is 1. The summed E-state index contributed by atoms with van der Waals surface area (Å²) in [6, 6.07) is 19.4. The van der Waals surface area contributed by atoms with Crippen molar-refractivity contribution in [2.24, 2.45) is 0 Å². The summed E-state index contributed by atoms with van der Waals surface area (Å²) in [5, 5.41) is 4.99. The summed E-state index contributed by atoms with van der Waals surface area (Å²) >= 11 is 18.7. The van der Waals surface area contributed by atoms with Crippen molar-refractivity contribution >= 4 is 40.5 Å². The molecule has 0 bridgehead atoms. The molecule has 0 aliphatic heterocycles. The fourth-order valence-electron chi connectivity index (χ4n) is 2.51. The summed E-state index contributed by atoms with van der Waals surface area (Å²) in [4.78, 5) is 0. The van der Waals surface area contributed by atoms with Crippen LogP contribution in [0.2, 0.25) is 15.1 Å². The van der Waals surface area contributed by atoms with Gasteiger partial charge in [-0.15, -0.1) is 0 Å². The van der Waals surface area contributed by atoms with Crippen LogP contribution in [-0.4, -0.2) is 0 Å². The number of hydrogen-bond donors (Lipinski definition) is 1. The van der Waals surface area contributed by atoms with Crippen molar-refractivity contribution in [3.63, 3.8) is 0 Å². The second-order valence-corrected chi connectivity index (χ2v) is 7.28. The van der Waals surface area contributed by atoms with Gasteiger partial charge in [-0.1, -0.05) is 64.6 Å². The molecule has 0 aliphatic carbocycles. The first-order chi connectivity index (χ1) is 12.5. The minimum Gasteiger partial charge on any atom is -0.486 e. The molecule has 0 aliphatic rings. The lowest BCUT2D eigenvalue weighted by atomic mass is 10.2. The average Bonchev–Trinajstić information content (AvgIpc) is 2.60. The molecular weight excluding hydrogens is 389 g/mol. The van der Waals surface area contributed by atoms with Gasteiger partial charge in [0.25, 0.3) is 0 Å². The summed E-state index contributed by atoms with van der Waals surface area (Å²) in [7, 11) is 0. The predicted octanol–water partition coefficient (Wildman–Crippen LogP) is 7.15. The van der Waals surface area contributed by atoms with E-state index in [-0.39, 0.29) is 0 Å². The highest BCUT2D eigenvalue weighted by molar-refractivity contribution is 6.37. The van der Waals surface area contributed by atoms with Gasteiger partial charge in [-0.05, 0) is 54.4 Å². The predicted molar refractivity (Wildman–Crippen MR) is 111 cm³/mol. The van der Waals surface area contributed by atoms with Crippen LogP contribution in [0.3, 0.4) is 0 Å². The van der Waals surface area contributed by atoms with Crippen LogP contribution in [0.15, 0.2) is 60.7 Å². The molecule has 2 nitrogen and oxygen atoms in total. The molecule has 1 N–H and O–H groups in total. The molecule has 0 atom stereocenters. The maximum atomic E-state index is 6.37. The topological polar surface area (TPSA) is 21.3 Å². The second-order valence-electron chi connectivity index (χ2n) is 6.03. The van der Waals surface area contributed by atoms with E-state index in [2.05, 4.69) is 24.4 Å². The standard InChI is InChI=1S/C21H18Cl3NO/c1-14-5-7-18(8-6-14)25-12-16-10-19(23)21(20(24)11-16)26-13-15-3-2-4-17(22)9-15/h2-11,25H,12-13H2,1H3. The maximum absolute atomic E-state index is 6.37. The fraction of sp³-hybridized carbons (Fsp3) is 0.143. The van der Waals surface area contributed by atoms with Gasteiger partial charge in [0, 0.05) is 17.3 Å². The van der Waals surface area contributed by atoms with Crippen molar-refractivity contribution < 1.29 is 4.74 Å². The molecule has 3 rings (SSSR count). The van der Waals surface area contributed by atoms with E-state index in [1.54, 1.807) is 0 Å². The number of benzene rings is 3. The zero-order valence-electron chi connectivity index (χ0n) is 14.2. The Bertz CT molecular complexity index is 871. The third-order valence-corrected chi connectivity index (χ3v) is 4.68. The van der Waals surface area contributed by atoms with Gasteiger partial charge in [-0.25, -0.2) is 0 Å². The van der Waals surface area contributed by atoms with E-state index in [0.717, 1.165) is 16.8 Å². The Labute approximate surface area is 168 Å². The SMILES string of the molecule is Cc1ccc(NCc2cc(Cl)c(OCc3cccc(Cl)c3)c(Cl)c2)cc1. The van der Waals surface area contributed by atoms with Gasteiger partial charge in [-0.3, -0.25) is 0 Å². The molecule has 0 radical (unpaired) electrons. The Hall–Kier alpha value is -1.87. The Morgan fingerprint density at radius 1 is 0.846 bits per heavy atom. The van der Waals surface area contributed by atoms with Crippen LogP contribution in [0.1, 0.15) is 16.7 Å². The van der Waals surface area contributed by atoms with Crippen LogP contribution in [0, 0.1) is 6.92 Å². The third kappa shape index (κ3) is 5.07. The Kier molecular flexibility index (Phi) is 6.31. The molecule has 0 saturated carbocycles. The summed E-state index contributed by atoms with van der Waals surface area (Å²) in [5.74, 6) is 0.479. The molecular formula is C21H18Cl3NO. The zero-order chi connectivity index (χ0) is 18.5. The lowest BCUT2D eigenvalue weighted by molar-refractivity contribution is 0.306. The van der Waals surface area contributed by atoms with E-state index in [1.807, 2.05) is 48.5 Å². The van der Waals surface area contributed by atoms with Crippen molar-refractivity contribution in [3.05, 3.63) is 92.4 Å². The van der Waals surface area contributed by atoms with Crippen LogP contribution < -0.4 is 10.1 Å². The van der Waals surface area contributed by atoms with Gasteiger partial charge in [0.05, 0.1) is 10.0 Å². The number of anilines is 1. The van der Waals surface area contributed by atoms with Crippen molar-refractivity contribution in [1.29, 1.82) is 0 Å². The molecule has 0 saturated heterocycles. The quantitative estimate of drug-likeness (QED) is 0.469. The van der Waals surface area contributed by atoms with E-state index >= 15 is 0 Å². The summed E-state index contributed by atoms with van der Waals surface area (Å²) in [6.07, 6.45) is 0. The smallest absolute Gasteiger partial charge is 0.156 e. The summed E-state index contributed by atoms with van der Waals surface area (Å²) < 4.78 is 5.80. The van der Waals surface area contributed by atoms with Crippen LogP contribution in [0.4, 0.5) is 5.69 Å². The van der Waals surface area contributed by atoms with Crippen molar-refractivity contribution in [2.45, 2.75) is 20.1 Å². The number of hydrogen-bond acceptors (Lipinski definition) is 2. The second kappa shape index (κ2) is 8.68. The normalized spacial score (nSPS) is 10.6. The Balaban J connectivity index is 1.66. The highest BCUT2D eigenvalue weighted by Crippen LogP contribution is 2.35. The summed E-state index contributed by atoms with van der Waals surface area (Å²) in [5.41, 5.74) is 4.21. The van der Waals surface area contributed by atoms with Crippen molar-refractivity contribution in [2.75, 3.05) is 5.32 Å². The van der Waals surface area contributed by atoms with E-state index in [0.29, 0.717) is 34.0 Å². The van der Waals surface area contributed by atoms with Crippen molar-refractivity contribution in [3.8, 4) is 5.75 Å². The number of rotatable bonds is 6. The highest BCUT2D eigenvalue weighted by atomic mass is 35.5. The largest absolute Gasteiger partial charge is 0.486 e. The fourth-order valence-corrected chi connectivity index (χ4v) is 3.36. The first-order valence-corrected chi connectivity index (χ1v) is 9.30. The number of halogens is 3. The molecule has 134 valence electrons. The van der Waals surface area contributed by atoms with Gasteiger partial charge in [0.2, 0.25) is 0 Å². The maximum Gasteiger partial charge on any atom is 0.156 e. The van der Waals surface area contributed by atoms with E-state index < -0.39 is 0 Å². The van der Waals surface area contributed by atoms with Crippen LogP contribution in [-0.2, 0) is 13.2 Å². The average molecular weight is 407 g/mol. The first kappa shape index (κ1) is 18.9. The van der Waals surface area contributed by atoms with E-state index in [1.165, 1.54) is 5.56 Å². The lowest BCUT2D eigenvalue weighted by Gasteiger charge is -2.13. The van der Waals surface area contributed by atoms with Gasteiger partial charge >= 0.3 is 0 Å². The van der Waals surface area contributed by atoms with E-state index in [9.17, 15) is 0 Å². The molecule has 3 aromatic rings. The molecule has 26 heavy (non-hydrogen) atoms. The zero-order valence-corrected chi connectivity index (χ0v) is 16.5. The van der Waals surface area contributed by atoms with Gasteiger partial charge in [-0.2, -0.15) is 0 Å². The van der Waals surface area contributed by atoms with Crippen LogP contribution in [0.5, 0.6) is 5.75 Å². The van der Waals surface area contributed by atoms with Crippen LogP contribution >= 0.6 is 34.8 Å². The van der Waals surface area contributed by atoms with Gasteiger partial charge < -0.3 is 10.1 Å². The van der Waals surface area contributed by atoms with Crippen molar-refractivity contribution in [1.82, 2.24) is 0 Å². The molecule has 0 unspecified atom stereocenters. The minimum absolute atomic E-state index is 0.348. The van der Waals surface area contributed by atoms with Gasteiger partial charge in [0.15, 0.2) is 5.75 Å². The molecule has 0 aromatic heterocycles. The van der Waals surface area contributed by atoms with Crippen LogP contribution in [0.25, 0.3) is 0 Å². The number of nitrogens with one attached hydrogen (secondary N) is 1. The molecule has 0 fully saturated rings. The summed E-state index contributed by atoms with van der Waals surface area (Å²) in [6.45, 7) is 3.03. The molecule has 3 aromatic carbocycles. The minimum atomic E-state index is 0.348. The third-order valence-electron chi connectivity index (χ3n) is 3.88. The monoisotopic (exact) mass is 405 g/mol. The first-order valence-electron chi connectivity index (χ1n) is 8.17. The highest BCUT2D eigenvalue weighted by Gasteiger charge is 2.10. The molecule has 5 heteroatoms. The Morgan fingerprint density at radius 3 is 2.19 bits per heavy atom. The molecule has 0 heterocycles. The van der Waals surface area contributed by atoms with Gasteiger partial charge in [0.1, 0.15) is 6.61 Å². The number of aryl methyl sites for hydroxylation is 1. The van der Waals surface area contributed by atoms with E-state index in [4.69, 9.17) is 39.5 Å². The molecule has 0 spiro atoms. The Morgan fingerprint density at radius 2 is 1.54 bits per heavy atom. The lowest BCUT2D eigenvalue weighted by Crippen LogP contribution is -2.01. The molecule has 0 amide bonds.